The molecule has 1 rings (SSSR count). The summed E-state index contributed by atoms with van der Waals surface area (Å²) in [5, 5.41) is 13.7. The van der Waals surface area contributed by atoms with Gasteiger partial charge in [-0.2, -0.15) is 0 Å². The molecule has 104 valence electrons. The first-order valence-corrected chi connectivity index (χ1v) is 6.29. The van der Waals surface area contributed by atoms with Crippen molar-refractivity contribution in [2.24, 2.45) is 10.5 Å². The van der Waals surface area contributed by atoms with E-state index in [9.17, 15) is 5.11 Å². The molecule has 0 radical (unpaired) electrons. The van der Waals surface area contributed by atoms with Crippen molar-refractivity contribution >= 4 is 0 Å². The molecule has 0 aliphatic carbocycles. The fourth-order valence-corrected chi connectivity index (χ4v) is 1.85. The third kappa shape index (κ3) is 5.30. The van der Waals surface area contributed by atoms with E-state index < -0.39 is 12.1 Å². The van der Waals surface area contributed by atoms with Crippen LogP contribution in [0.5, 0.6) is 0 Å². The first kappa shape index (κ1) is 15.5. The smallest absolute Gasteiger partial charge is 0.0863 e. The highest BCUT2D eigenvalue weighted by Gasteiger charge is 2.30. The summed E-state index contributed by atoms with van der Waals surface area (Å²) in [6, 6.07) is 9.23. The van der Waals surface area contributed by atoms with Gasteiger partial charge >= 0.3 is 0 Å². The SMILES string of the molecule is CC(C)(C)[C@H](N=[N+]=[N-])[C@H](O)COCc1ccccc1. The summed E-state index contributed by atoms with van der Waals surface area (Å²) < 4.78 is 5.47. The zero-order valence-corrected chi connectivity index (χ0v) is 11.7. The van der Waals surface area contributed by atoms with Crippen molar-refractivity contribution in [3.8, 4) is 0 Å². The van der Waals surface area contributed by atoms with Crippen LogP contribution in [0.3, 0.4) is 0 Å². The second-order valence-corrected chi connectivity index (χ2v) is 5.58. The Labute approximate surface area is 113 Å². The number of nitrogens with zero attached hydrogens (tertiary/aromatic N) is 3. The van der Waals surface area contributed by atoms with Crippen LogP contribution in [0, 0.1) is 5.41 Å². The van der Waals surface area contributed by atoms with Crippen molar-refractivity contribution in [3.63, 3.8) is 0 Å². The van der Waals surface area contributed by atoms with Crippen LogP contribution in [-0.2, 0) is 11.3 Å². The largest absolute Gasteiger partial charge is 0.390 e. The van der Waals surface area contributed by atoms with E-state index in [1.54, 1.807) is 0 Å². The molecule has 0 spiro atoms. The number of hydrogen-bond donors (Lipinski definition) is 1. The van der Waals surface area contributed by atoms with Crippen molar-refractivity contribution in [3.05, 3.63) is 46.3 Å². The summed E-state index contributed by atoms with van der Waals surface area (Å²) in [6.07, 6.45) is -0.806. The number of aliphatic hydroxyl groups excluding tert-OH is 1. The summed E-state index contributed by atoms with van der Waals surface area (Å²) in [4.78, 5) is 2.80. The van der Waals surface area contributed by atoms with E-state index in [1.165, 1.54) is 0 Å². The first-order valence-electron chi connectivity index (χ1n) is 6.29. The molecule has 0 saturated heterocycles. The lowest BCUT2D eigenvalue weighted by molar-refractivity contribution is -0.00365. The maximum Gasteiger partial charge on any atom is 0.0863 e. The second kappa shape index (κ2) is 7.14. The predicted octanol–water partition coefficient (Wildman–Crippen LogP) is 3.29. The molecule has 0 aliphatic heterocycles. The molecule has 0 bridgehead atoms. The molecule has 0 saturated carbocycles. The Morgan fingerprint density at radius 1 is 1.32 bits per heavy atom. The zero-order valence-electron chi connectivity index (χ0n) is 11.7. The maximum atomic E-state index is 10.1. The molecule has 0 heterocycles. The second-order valence-electron chi connectivity index (χ2n) is 5.58. The molecule has 5 nitrogen and oxygen atoms in total. The molecule has 2 atom stereocenters. The molecule has 1 aromatic carbocycles. The highest BCUT2D eigenvalue weighted by atomic mass is 16.5. The molecule has 1 N–H and O–H groups in total. The highest BCUT2D eigenvalue weighted by Crippen LogP contribution is 2.25. The van der Waals surface area contributed by atoms with Gasteiger partial charge in [0.2, 0.25) is 0 Å². The lowest BCUT2D eigenvalue weighted by Crippen LogP contribution is -2.38. The lowest BCUT2D eigenvalue weighted by Gasteiger charge is -2.30. The summed E-state index contributed by atoms with van der Waals surface area (Å²) >= 11 is 0. The number of ether oxygens (including phenoxy) is 1. The fourth-order valence-electron chi connectivity index (χ4n) is 1.85. The number of hydrogen-bond acceptors (Lipinski definition) is 3. The Balaban J connectivity index is 2.49. The van der Waals surface area contributed by atoms with E-state index in [-0.39, 0.29) is 12.0 Å². The van der Waals surface area contributed by atoms with Crippen molar-refractivity contribution in [2.45, 2.75) is 39.5 Å². The van der Waals surface area contributed by atoms with Gasteiger partial charge in [-0.05, 0) is 16.5 Å². The van der Waals surface area contributed by atoms with E-state index in [0.717, 1.165) is 5.56 Å². The van der Waals surface area contributed by atoms with Crippen LogP contribution in [0.2, 0.25) is 0 Å². The quantitative estimate of drug-likeness (QED) is 0.485. The monoisotopic (exact) mass is 263 g/mol. The molecule has 1 aromatic rings. The van der Waals surface area contributed by atoms with Gasteiger partial charge in [0, 0.05) is 4.91 Å². The molecular formula is C14H21N3O2. The topological polar surface area (TPSA) is 78.2 Å². The van der Waals surface area contributed by atoms with Gasteiger partial charge in [-0.1, -0.05) is 56.2 Å². The zero-order chi connectivity index (χ0) is 14.3. The third-order valence-corrected chi connectivity index (χ3v) is 2.83. The Kier molecular flexibility index (Phi) is 5.83. The minimum atomic E-state index is -0.806. The van der Waals surface area contributed by atoms with Crippen LogP contribution < -0.4 is 0 Å². The lowest BCUT2D eigenvalue weighted by atomic mass is 9.84. The molecule has 0 amide bonds. The van der Waals surface area contributed by atoms with Crippen molar-refractivity contribution < 1.29 is 9.84 Å². The van der Waals surface area contributed by atoms with Gasteiger partial charge in [-0.3, -0.25) is 0 Å². The normalized spacial score (nSPS) is 14.5. The van der Waals surface area contributed by atoms with Gasteiger partial charge in [-0.25, -0.2) is 0 Å². The molecular weight excluding hydrogens is 242 g/mol. The minimum Gasteiger partial charge on any atom is -0.390 e. The molecule has 0 fully saturated rings. The summed E-state index contributed by atoms with van der Waals surface area (Å²) in [6.45, 7) is 6.35. The van der Waals surface area contributed by atoms with E-state index >= 15 is 0 Å². The molecule has 0 aromatic heterocycles. The van der Waals surface area contributed by atoms with Gasteiger partial charge < -0.3 is 9.84 Å². The van der Waals surface area contributed by atoms with E-state index in [4.69, 9.17) is 10.3 Å². The number of azide groups is 1. The van der Waals surface area contributed by atoms with Gasteiger partial charge in [0.05, 0.1) is 25.4 Å². The average molecular weight is 263 g/mol. The summed E-state index contributed by atoms with van der Waals surface area (Å²) in [5.74, 6) is 0. The van der Waals surface area contributed by atoms with Gasteiger partial charge in [-0.15, -0.1) is 0 Å². The summed E-state index contributed by atoms with van der Waals surface area (Å²) in [5.41, 5.74) is 9.30. The van der Waals surface area contributed by atoms with Crippen molar-refractivity contribution in [1.82, 2.24) is 0 Å². The predicted molar refractivity (Wildman–Crippen MR) is 74.5 cm³/mol. The van der Waals surface area contributed by atoms with E-state index in [0.29, 0.717) is 6.61 Å². The summed E-state index contributed by atoms with van der Waals surface area (Å²) in [7, 11) is 0. The minimum absolute atomic E-state index is 0.149. The Hall–Kier alpha value is -1.55. The average Bonchev–Trinajstić information content (AvgIpc) is 2.35. The first-order chi connectivity index (χ1) is 8.95. The number of aliphatic hydroxyl groups is 1. The molecule has 0 unspecified atom stereocenters. The molecule has 19 heavy (non-hydrogen) atoms. The van der Waals surface area contributed by atoms with Crippen LogP contribution in [0.4, 0.5) is 0 Å². The van der Waals surface area contributed by atoms with Crippen molar-refractivity contribution in [2.75, 3.05) is 6.61 Å². The van der Waals surface area contributed by atoms with Crippen molar-refractivity contribution in [1.29, 1.82) is 0 Å². The van der Waals surface area contributed by atoms with Crippen LogP contribution in [0.25, 0.3) is 10.4 Å². The Bertz CT molecular complexity index is 422. The highest BCUT2D eigenvalue weighted by molar-refractivity contribution is 5.13. The third-order valence-electron chi connectivity index (χ3n) is 2.83. The van der Waals surface area contributed by atoms with Gasteiger partial charge in [0.15, 0.2) is 0 Å². The number of rotatable bonds is 6. The standard InChI is InChI=1S/C14H21N3O2/c1-14(2,3)13(16-17-15)12(18)10-19-9-11-7-5-4-6-8-11/h4-8,12-13,18H,9-10H2,1-3H3/t12-,13-/m1/s1. The maximum absolute atomic E-state index is 10.1. The molecule has 5 heteroatoms. The van der Waals surface area contributed by atoms with Crippen LogP contribution >= 0.6 is 0 Å². The van der Waals surface area contributed by atoms with Crippen LogP contribution in [-0.4, -0.2) is 23.9 Å². The van der Waals surface area contributed by atoms with Gasteiger partial charge in [0.1, 0.15) is 0 Å². The van der Waals surface area contributed by atoms with Crippen LogP contribution in [0.15, 0.2) is 35.4 Å². The fraction of sp³-hybridized carbons (Fsp3) is 0.571. The number of benzene rings is 1. The Morgan fingerprint density at radius 3 is 2.47 bits per heavy atom. The Morgan fingerprint density at radius 2 is 1.95 bits per heavy atom. The van der Waals surface area contributed by atoms with E-state index in [2.05, 4.69) is 10.0 Å². The van der Waals surface area contributed by atoms with Gasteiger partial charge in [0.25, 0.3) is 0 Å². The molecule has 0 aliphatic rings. The van der Waals surface area contributed by atoms with E-state index in [1.807, 2.05) is 51.1 Å². The van der Waals surface area contributed by atoms with Crippen LogP contribution in [0.1, 0.15) is 26.3 Å².